The number of hydrogen-bond donors (Lipinski definition) is 0. The van der Waals surface area contributed by atoms with Crippen LogP contribution in [0.3, 0.4) is 0 Å². The van der Waals surface area contributed by atoms with Gasteiger partial charge in [0.15, 0.2) is 0 Å². The van der Waals surface area contributed by atoms with E-state index in [2.05, 4.69) is 21.1 Å². The van der Waals surface area contributed by atoms with Crippen molar-refractivity contribution < 1.29 is 0 Å². The maximum atomic E-state index is 4.00. The second-order valence-electron chi connectivity index (χ2n) is 1.96. The minimum atomic E-state index is 0.588. The minimum absolute atomic E-state index is 0.588. The van der Waals surface area contributed by atoms with Gasteiger partial charge in [0.2, 0.25) is 5.95 Å². The summed E-state index contributed by atoms with van der Waals surface area (Å²) in [7, 11) is 0. The molecule has 0 aliphatic rings. The predicted octanol–water partition coefficient (Wildman–Crippen LogP) is 0.462. The summed E-state index contributed by atoms with van der Waals surface area (Å²) in [5, 5.41) is 0. The molecule has 0 aliphatic carbocycles. The molecule has 2 heterocycles. The van der Waals surface area contributed by atoms with Gasteiger partial charge in [0.05, 0.1) is 6.20 Å². The molecule has 4 nitrogen and oxygen atoms in total. The summed E-state index contributed by atoms with van der Waals surface area (Å²) in [6.07, 6.45) is 9.43. The van der Waals surface area contributed by atoms with Crippen LogP contribution in [0.2, 0.25) is 0 Å². The molecular formula is C7H5N4. The molecule has 1 radical (unpaired) electrons. The zero-order valence-electron chi connectivity index (χ0n) is 5.68. The van der Waals surface area contributed by atoms with Gasteiger partial charge in [-0.15, -0.1) is 0 Å². The monoisotopic (exact) mass is 145 g/mol. The van der Waals surface area contributed by atoms with Gasteiger partial charge in [0, 0.05) is 18.6 Å². The van der Waals surface area contributed by atoms with E-state index in [1.807, 2.05) is 0 Å². The molecule has 0 saturated carbocycles. The first-order valence-corrected chi connectivity index (χ1v) is 3.14. The van der Waals surface area contributed by atoms with Crippen molar-refractivity contribution in [2.75, 3.05) is 0 Å². The van der Waals surface area contributed by atoms with E-state index in [0.717, 1.165) is 0 Å². The van der Waals surface area contributed by atoms with Gasteiger partial charge in [-0.05, 0) is 6.07 Å². The average molecular weight is 145 g/mol. The van der Waals surface area contributed by atoms with E-state index in [1.165, 1.54) is 0 Å². The Bertz CT molecular complexity index is 313. The van der Waals surface area contributed by atoms with Crippen molar-refractivity contribution in [3.8, 4) is 5.95 Å². The molecule has 0 saturated heterocycles. The normalized spacial score (nSPS) is 9.82. The van der Waals surface area contributed by atoms with Crippen LogP contribution in [0.4, 0.5) is 0 Å². The van der Waals surface area contributed by atoms with Crippen LogP contribution in [0.25, 0.3) is 5.95 Å². The number of nitrogens with zero attached hydrogens (tertiary/aromatic N) is 4. The average Bonchev–Trinajstić information content (AvgIpc) is 2.58. The second-order valence-corrected chi connectivity index (χ2v) is 1.96. The Balaban J connectivity index is 2.46. The fourth-order valence-corrected chi connectivity index (χ4v) is 0.763. The molecule has 2 aromatic rings. The van der Waals surface area contributed by atoms with Crippen molar-refractivity contribution in [2.24, 2.45) is 0 Å². The molecule has 0 amide bonds. The number of imidazole rings is 1. The lowest BCUT2D eigenvalue weighted by Crippen LogP contribution is -1.96. The Morgan fingerprint density at radius 3 is 3.00 bits per heavy atom. The number of rotatable bonds is 1. The first-order chi connectivity index (χ1) is 5.47. The molecule has 0 spiro atoms. The van der Waals surface area contributed by atoms with Gasteiger partial charge in [-0.2, -0.15) is 0 Å². The largest absolute Gasteiger partial charge is 0.274 e. The molecule has 0 N–H and O–H groups in total. The minimum Gasteiger partial charge on any atom is -0.274 e. The molecule has 0 aromatic carbocycles. The van der Waals surface area contributed by atoms with E-state index >= 15 is 0 Å². The van der Waals surface area contributed by atoms with E-state index in [4.69, 9.17) is 0 Å². The first kappa shape index (κ1) is 6.03. The highest BCUT2D eigenvalue weighted by Crippen LogP contribution is 1.95. The van der Waals surface area contributed by atoms with E-state index in [1.54, 1.807) is 35.6 Å². The van der Waals surface area contributed by atoms with Gasteiger partial charge >= 0.3 is 0 Å². The molecule has 2 aromatic heterocycles. The standard InChI is InChI=1S/C7H5N4/c1-2-9-7(10-3-1)11-5-4-8-6-11/h1-2,4-6H. The van der Waals surface area contributed by atoms with E-state index in [-0.39, 0.29) is 0 Å². The Morgan fingerprint density at radius 1 is 1.36 bits per heavy atom. The quantitative estimate of drug-likeness (QED) is 0.585. The lowest BCUT2D eigenvalue weighted by atomic mass is 10.7. The molecule has 0 aliphatic heterocycles. The van der Waals surface area contributed by atoms with E-state index < -0.39 is 0 Å². The van der Waals surface area contributed by atoms with Crippen LogP contribution in [-0.2, 0) is 0 Å². The SMILES string of the molecule is [c]1ccnc(-n2ccnc2)n1. The van der Waals surface area contributed by atoms with Crippen LogP contribution in [0, 0.1) is 6.20 Å². The molecule has 0 fully saturated rings. The maximum absolute atomic E-state index is 4.00. The highest BCUT2D eigenvalue weighted by Gasteiger charge is 1.93. The Morgan fingerprint density at radius 2 is 2.36 bits per heavy atom. The van der Waals surface area contributed by atoms with Crippen molar-refractivity contribution >= 4 is 0 Å². The second kappa shape index (κ2) is 2.49. The molecule has 53 valence electrons. The lowest BCUT2D eigenvalue weighted by molar-refractivity contribution is 0.922. The highest BCUT2D eigenvalue weighted by molar-refractivity contribution is 5.08. The van der Waals surface area contributed by atoms with Crippen LogP contribution in [0.5, 0.6) is 0 Å². The van der Waals surface area contributed by atoms with Gasteiger partial charge in [-0.1, -0.05) is 0 Å². The van der Waals surface area contributed by atoms with Crippen LogP contribution in [0.15, 0.2) is 31.0 Å². The van der Waals surface area contributed by atoms with Crippen molar-refractivity contribution in [3.63, 3.8) is 0 Å². The van der Waals surface area contributed by atoms with Crippen molar-refractivity contribution in [3.05, 3.63) is 37.2 Å². The van der Waals surface area contributed by atoms with Gasteiger partial charge in [-0.25, -0.2) is 15.0 Å². The third-order valence-electron chi connectivity index (χ3n) is 1.24. The lowest BCUT2D eigenvalue weighted by Gasteiger charge is -1.95. The molecule has 0 unspecified atom stereocenters. The number of aromatic nitrogens is 4. The topological polar surface area (TPSA) is 43.6 Å². The van der Waals surface area contributed by atoms with Crippen LogP contribution < -0.4 is 0 Å². The van der Waals surface area contributed by atoms with Crippen molar-refractivity contribution in [1.82, 2.24) is 19.5 Å². The highest BCUT2D eigenvalue weighted by atomic mass is 15.2. The molecule has 0 bridgehead atoms. The van der Waals surface area contributed by atoms with Crippen molar-refractivity contribution in [2.45, 2.75) is 0 Å². The van der Waals surface area contributed by atoms with Gasteiger partial charge in [-0.3, -0.25) is 4.57 Å². The summed E-state index contributed by atoms with van der Waals surface area (Å²) in [6, 6.07) is 1.65. The Hall–Kier alpha value is -1.71. The summed E-state index contributed by atoms with van der Waals surface area (Å²) in [5.74, 6) is 0.588. The fourth-order valence-electron chi connectivity index (χ4n) is 0.763. The van der Waals surface area contributed by atoms with Gasteiger partial charge in [0.25, 0.3) is 0 Å². The Kier molecular flexibility index (Phi) is 1.37. The third kappa shape index (κ3) is 1.10. The zero-order valence-corrected chi connectivity index (χ0v) is 5.68. The zero-order chi connectivity index (χ0) is 7.52. The predicted molar refractivity (Wildman–Crippen MR) is 38.0 cm³/mol. The fraction of sp³-hybridized carbons (Fsp3) is 0. The summed E-state index contributed by atoms with van der Waals surface area (Å²) < 4.78 is 1.72. The Labute approximate surface area is 63.6 Å². The molecule has 11 heavy (non-hydrogen) atoms. The summed E-state index contributed by atoms with van der Waals surface area (Å²) in [6.45, 7) is 0. The summed E-state index contributed by atoms with van der Waals surface area (Å²) in [5.41, 5.74) is 0. The smallest absolute Gasteiger partial charge is 0.235 e. The molecule has 2 rings (SSSR count). The van der Waals surface area contributed by atoms with E-state index in [9.17, 15) is 0 Å². The van der Waals surface area contributed by atoms with E-state index in [0.29, 0.717) is 5.95 Å². The first-order valence-electron chi connectivity index (χ1n) is 3.14. The summed E-state index contributed by atoms with van der Waals surface area (Å²) in [4.78, 5) is 11.8. The summed E-state index contributed by atoms with van der Waals surface area (Å²) >= 11 is 0. The van der Waals surface area contributed by atoms with Gasteiger partial charge in [0.1, 0.15) is 6.33 Å². The van der Waals surface area contributed by atoms with Gasteiger partial charge < -0.3 is 0 Å². The molecule has 4 heteroatoms. The molecule has 0 atom stereocenters. The van der Waals surface area contributed by atoms with Crippen LogP contribution in [0.1, 0.15) is 0 Å². The molecular weight excluding hydrogens is 140 g/mol. The van der Waals surface area contributed by atoms with Crippen molar-refractivity contribution in [1.29, 1.82) is 0 Å². The van der Waals surface area contributed by atoms with Crippen LogP contribution in [-0.4, -0.2) is 19.5 Å². The van der Waals surface area contributed by atoms with Crippen LogP contribution >= 0.6 is 0 Å². The third-order valence-corrected chi connectivity index (χ3v) is 1.24. The maximum Gasteiger partial charge on any atom is 0.235 e. The number of hydrogen-bond acceptors (Lipinski definition) is 3.